The Bertz CT molecular complexity index is 597. The summed E-state index contributed by atoms with van der Waals surface area (Å²) in [6.45, 7) is 12.6. The number of amides is 1. The quantitative estimate of drug-likeness (QED) is 0.887. The van der Waals surface area contributed by atoms with E-state index < -0.39 is 0 Å². The largest absolute Gasteiger partial charge is 0.484 e. The molecule has 0 radical (unpaired) electrons. The van der Waals surface area contributed by atoms with Crippen LogP contribution < -0.4 is 10.1 Å². The summed E-state index contributed by atoms with van der Waals surface area (Å²) in [7, 11) is 0. The first-order chi connectivity index (χ1) is 12.0. The number of carbonyl (C=O) groups excluding carboxylic acids is 1. The molecule has 25 heavy (non-hydrogen) atoms. The standard InChI is InChI=1S/C20H31N3O2/c1-15(2)19-5-4-18(12-16(19)3)25-14-20(24)23-9-6-17(13-23)22-10-7-21-8-11-22/h4-5,12,15,17,21H,6-11,13-14H2,1-3H3. The van der Waals surface area contributed by atoms with Crippen LogP contribution in [-0.4, -0.2) is 67.6 Å². The van der Waals surface area contributed by atoms with Crippen molar-refractivity contribution in [2.24, 2.45) is 0 Å². The lowest BCUT2D eigenvalue weighted by atomic mass is 9.98. The van der Waals surface area contributed by atoms with Gasteiger partial charge in [0.1, 0.15) is 5.75 Å². The summed E-state index contributed by atoms with van der Waals surface area (Å²) < 4.78 is 5.76. The van der Waals surface area contributed by atoms with Crippen LogP contribution in [0.25, 0.3) is 0 Å². The van der Waals surface area contributed by atoms with Gasteiger partial charge in [0.15, 0.2) is 6.61 Å². The Balaban J connectivity index is 1.49. The van der Waals surface area contributed by atoms with E-state index in [0.717, 1.165) is 51.4 Å². The van der Waals surface area contributed by atoms with E-state index >= 15 is 0 Å². The number of aryl methyl sites for hydroxylation is 1. The molecule has 138 valence electrons. The summed E-state index contributed by atoms with van der Waals surface area (Å²) in [5.74, 6) is 1.39. The van der Waals surface area contributed by atoms with Gasteiger partial charge < -0.3 is 15.0 Å². The molecule has 2 aliphatic heterocycles. The van der Waals surface area contributed by atoms with Crippen molar-refractivity contribution in [2.75, 3.05) is 45.9 Å². The van der Waals surface area contributed by atoms with Gasteiger partial charge in [0.2, 0.25) is 0 Å². The predicted octanol–water partition coefficient (Wildman–Crippen LogP) is 2.00. The Hall–Kier alpha value is -1.59. The molecule has 2 aliphatic rings. The van der Waals surface area contributed by atoms with Gasteiger partial charge in [-0.1, -0.05) is 19.9 Å². The predicted molar refractivity (Wildman–Crippen MR) is 100 cm³/mol. The second-order valence-corrected chi connectivity index (χ2v) is 7.53. The van der Waals surface area contributed by atoms with Crippen molar-refractivity contribution in [3.63, 3.8) is 0 Å². The van der Waals surface area contributed by atoms with Crippen LogP contribution in [0.4, 0.5) is 0 Å². The highest BCUT2D eigenvalue weighted by Gasteiger charge is 2.30. The van der Waals surface area contributed by atoms with Crippen LogP contribution in [0.15, 0.2) is 18.2 Å². The lowest BCUT2D eigenvalue weighted by Gasteiger charge is -2.32. The molecule has 1 N–H and O–H groups in total. The molecular formula is C20H31N3O2. The monoisotopic (exact) mass is 345 g/mol. The Labute approximate surface area is 151 Å². The zero-order valence-corrected chi connectivity index (χ0v) is 15.8. The third kappa shape index (κ3) is 4.53. The van der Waals surface area contributed by atoms with Crippen LogP contribution in [0.3, 0.4) is 0 Å². The molecule has 0 bridgehead atoms. The van der Waals surface area contributed by atoms with E-state index in [1.165, 1.54) is 11.1 Å². The second-order valence-electron chi connectivity index (χ2n) is 7.53. The van der Waals surface area contributed by atoms with Gasteiger partial charge in [-0.05, 0) is 42.5 Å². The van der Waals surface area contributed by atoms with Crippen LogP contribution >= 0.6 is 0 Å². The molecule has 1 amide bonds. The van der Waals surface area contributed by atoms with Crippen molar-refractivity contribution < 1.29 is 9.53 Å². The molecule has 2 saturated heterocycles. The summed E-state index contributed by atoms with van der Waals surface area (Å²) in [6.07, 6.45) is 1.08. The normalized spacial score (nSPS) is 21.8. The Morgan fingerprint density at radius 2 is 2.04 bits per heavy atom. The maximum absolute atomic E-state index is 12.5. The average Bonchev–Trinajstić information content (AvgIpc) is 3.10. The van der Waals surface area contributed by atoms with Crippen molar-refractivity contribution in [3.05, 3.63) is 29.3 Å². The zero-order valence-electron chi connectivity index (χ0n) is 15.8. The van der Waals surface area contributed by atoms with Gasteiger partial charge in [0.25, 0.3) is 5.91 Å². The van der Waals surface area contributed by atoms with Crippen LogP contribution in [0.2, 0.25) is 0 Å². The van der Waals surface area contributed by atoms with E-state index in [-0.39, 0.29) is 12.5 Å². The fraction of sp³-hybridized carbons (Fsp3) is 0.650. The van der Waals surface area contributed by atoms with Crippen molar-refractivity contribution in [3.8, 4) is 5.75 Å². The SMILES string of the molecule is Cc1cc(OCC(=O)N2CCC(N3CCNCC3)C2)ccc1C(C)C. The first-order valence-corrected chi connectivity index (χ1v) is 9.50. The highest BCUT2D eigenvalue weighted by Crippen LogP contribution is 2.23. The Morgan fingerprint density at radius 1 is 1.28 bits per heavy atom. The van der Waals surface area contributed by atoms with Crippen molar-refractivity contribution in [2.45, 2.75) is 39.2 Å². The number of carbonyl (C=O) groups is 1. The maximum atomic E-state index is 12.5. The lowest BCUT2D eigenvalue weighted by molar-refractivity contribution is -0.132. The fourth-order valence-electron chi connectivity index (χ4n) is 3.94. The first-order valence-electron chi connectivity index (χ1n) is 9.50. The van der Waals surface area contributed by atoms with Crippen molar-refractivity contribution in [1.82, 2.24) is 15.1 Å². The van der Waals surface area contributed by atoms with Crippen molar-refractivity contribution in [1.29, 1.82) is 0 Å². The Morgan fingerprint density at radius 3 is 2.72 bits per heavy atom. The zero-order chi connectivity index (χ0) is 17.8. The number of likely N-dealkylation sites (tertiary alicyclic amines) is 1. The van der Waals surface area contributed by atoms with Gasteiger partial charge in [-0.25, -0.2) is 0 Å². The number of nitrogens with zero attached hydrogens (tertiary/aromatic N) is 2. The van der Waals surface area contributed by atoms with Crippen LogP contribution in [0.1, 0.15) is 37.3 Å². The molecule has 1 unspecified atom stereocenters. The van der Waals surface area contributed by atoms with Crippen LogP contribution in [-0.2, 0) is 4.79 Å². The molecule has 0 aliphatic carbocycles. The van der Waals surface area contributed by atoms with Gasteiger partial charge in [0, 0.05) is 45.3 Å². The van der Waals surface area contributed by atoms with Gasteiger partial charge in [-0.2, -0.15) is 0 Å². The minimum Gasteiger partial charge on any atom is -0.484 e. The van der Waals surface area contributed by atoms with Crippen LogP contribution in [0, 0.1) is 6.92 Å². The van der Waals surface area contributed by atoms with E-state index in [1.54, 1.807) is 0 Å². The third-order valence-electron chi connectivity index (χ3n) is 5.41. The van der Waals surface area contributed by atoms with Crippen molar-refractivity contribution >= 4 is 5.91 Å². The third-order valence-corrected chi connectivity index (χ3v) is 5.41. The fourth-order valence-corrected chi connectivity index (χ4v) is 3.94. The number of hydrogen-bond acceptors (Lipinski definition) is 4. The number of hydrogen-bond donors (Lipinski definition) is 1. The molecule has 2 fully saturated rings. The average molecular weight is 345 g/mol. The lowest BCUT2D eigenvalue weighted by Crippen LogP contribution is -2.49. The topological polar surface area (TPSA) is 44.8 Å². The summed E-state index contributed by atoms with van der Waals surface area (Å²) in [6, 6.07) is 6.63. The number of piperazine rings is 1. The molecule has 0 spiro atoms. The van der Waals surface area contributed by atoms with Gasteiger partial charge in [0.05, 0.1) is 0 Å². The molecule has 0 saturated carbocycles. The highest BCUT2D eigenvalue weighted by atomic mass is 16.5. The minimum absolute atomic E-state index is 0.100. The molecule has 2 heterocycles. The molecule has 1 atom stereocenters. The van der Waals surface area contributed by atoms with Gasteiger partial charge >= 0.3 is 0 Å². The second kappa shape index (κ2) is 8.19. The first kappa shape index (κ1) is 18.2. The van der Waals surface area contributed by atoms with Gasteiger partial charge in [-0.3, -0.25) is 9.69 Å². The molecule has 5 nitrogen and oxygen atoms in total. The van der Waals surface area contributed by atoms with E-state index in [9.17, 15) is 4.79 Å². The smallest absolute Gasteiger partial charge is 0.260 e. The molecule has 1 aromatic rings. The van der Waals surface area contributed by atoms with Gasteiger partial charge in [-0.15, -0.1) is 0 Å². The number of ether oxygens (including phenoxy) is 1. The summed E-state index contributed by atoms with van der Waals surface area (Å²) in [5, 5.41) is 3.38. The van der Waals surface area contributed by atoms with Crippen LogP contribution in [0.5, 0.6) is 5.75 Å². The molecule has 0 aromatic heterocycles. The maximum Gasteiger partial charge on any atom is 0.260 e. The summed E-state index contributed by atoms with van der Waals surface area (Å²) in [4.78, 5) is 17.0. The molecule has 1 aromatic carbocycles. The van der Waals surface area contributed by atoms with E-state index in [1.807, 2.05) is 17.0 Å². The summed E-state index contributed by atoms with van der Waals surface area (Å²) in [5.41, 5.74) is 2.55. The molecular weight excluding hydrogens is 314 g/mol. The highest BCUT2D eigenvalue weighted by molar-refractivity contribution is 5.78. The van der Waals surface area contributed by atoms with E-state index in [0.29, 0.717) is 12.0 Å². The van der Waals surface area contributed by atoms with E-state index in [2.05, 4.69) is 37.1 Å². The minimum atomic E-state index is 0.100. The molecule has 5 heteroatoms. The number of rotatable bonds is 5. The number of benzene rings is 1. The summed E-state index contributed by atoms with van der Waals surface area (Å²) >= 11 is 0. The van der Waals surface area contributed by atoms with E-state index in [4.69, 9.17) is 4.74 Å². The Kier molecular flexibility index (Phi) is 5.97. The molecule has 3 rings (SSSR count). The number of nitrogens with one attached hydrogen (secondary N) is 1.